The lowest BCUT2D eigenvalue weighted by atomic mass is 9.80. The quantitative estimate of drug-likeness (QED) is 0.205. The maximum absolute atomic E-state index is 13.8. The highest BCUT2D eigenvalue weighted by atomic mass is 32.2. The van der Waals surface area contributed by atoms with Crippen molar-refractivity contribution in [2.24, 2.45) is 11.3 Å². The molecule has 1 unspecified atom stereocenters. The number of nitrogens with two attached hydrogens (primary N) is 1. The van der Waals surface area contributed by atoms with Gasteiger partial charge in [-0.25, -0.2) is 4.98 Å². The van der Waals surface area contributed by atoms with Gasteiger partial charge in [-0.2, -0.15) is 0 Å². The summed E-state index contributed by atoms with van der Waals surface area (Å²) >= 11 is 1.27. The van der Waals surface area contributed by atoms with Crippen LogP contribution in [0.25, 0.3) is 11.0 Å². The van der Waals surface area contributed by atoms with E-state index in [1.807, 2.05) is 49.5 Å². The number of nitrogens with zero attached hydrogens (tertiary/aromatic N) is 3. The number of rotatable bonds is 9. The number of nitrogens with one attached hydrogen (secondary N) is 3. The molecule has 0 radical (unpaired) electrons. The number of pyridine rings is 1. The highest BCUT2D eigenvalue weighted by Crippen LogP contribution is 2.40. The molecular formula is C32H41N7O3S. The Labute approximate surface area is 257 Å². The van der Waals surface area contributed by atoms with Gasteiger partial charge in [-0.3, -0.25) is 9.52 Å². The van der Waals surface area contributed by atoms with E-state index in [0.717, 1.165) is 86.1 Å². The second-order valence-electron chi connectivity index (χ2n) is 11.9. The number of anilines is 2. The Balaban J connectivity index is 1.15. The average Bonchev–Trinajstić information content (AvgIpc) is 3.49. The maximum Gasteiger partial charge on any atom is 0.243 e. The third kappa shape index (κ3) is 6.79. The lowest BCUT2D eigenvalue weighted by Gasteiger charge is -2.38. The number of piperazine rings is 1. The fraction of sp³-hybridized carbons (Fsp3) is 0.438. The van der Waals surface area contributed by atoms with Crippen LogP contribution in [0.1, 0.15) is 26.2 Å². The number of H-pyrrole nitrogens is 1. The van der Waals surface area contributed by atoms with Gasteiger partial charge >= 0.3 is 0 Å². The molecule has 6 rings (SSSR count). The second-order valence-corrected chi connectivity index (χ2v) is 12.8. The van der Waals surface area contributed by atoms with Gasteiger partial charge in [0, 0.05) is 74.2 Å². The fourth-order valence-electron chi connectivity index (χ4n) is 5.68. The molecule has 2 fully saturated rings. The van der Waals surface area contributed by atoms with E-state index >= 15 is 0 Å². The molecule has 43 heavy (non-hydrogen) atoms. The Bertz CT molecular complexity index is 1510. The van der Waals surface area contributed by atoms with Gasteiger partial charge in [0.2, 0.25) is 5.91 Å². The van der Waals surface area contributed by atoms with E-state index in [9.17, 15) is 4.79 Å². The largest absolute Gasteiger partial charge is 0.459 e. The van der Waals surface area contributed by atoms with Crippen molar-refractivity contribution in [2.75, 3.05) is 64.0 Å². The van der Waals surface area contributed by atoms with Gasteiger partial charge in [-0.05, 0) is 81.4 Å². The van der Waals surface area contributed by atoms with Crippen LogP contribution in [0.2, 0.25) is 0 Å². The molecule has 2 saturated heterocycles. The van der Waals surface area contributed by atoms with E-state index in [-0.39, 0.29) is 5.91 Å². The number of aromatic nitrogens is 2. The highest BCUT2D eigenvalue weighted by molar-refractivity contribution is 7.98. The molecular weight excluding hydrogens is 562 g/mol. The molecule has 4 heterocycles. The van der Waals surface area contributed by atoms with Crippen molar-refractivity contribution < 1.29 is 14.3 Å². The molecule has 2 aliphatic heterocycles. The summed E-state index contributed by atoms with van der Waals surface area (Å²) in [6.45, 7) is 8.32. The number of hydrogen-bond donors (Lipinski definition) is 4. The molecule has 1 aromatic carbocycles. The first kappa shape index (κ1) is 29.4. The first-order valence-corrected chi connectivity index (χ1v) is 15.8. The summed E-state index contributed by atoms with van der Waals surface area (Å²) in [5.74, 6) is 1.66. The van der Waals surface area contributed by atoms with Gasteiger partial charge in [0.05, 0.1) is 17.6 Å². The van der Waals surface area contributed by atoms with Crippen molar-refractivity contribution in [3.63, 3.8) is 0 Å². The van der Waals surface area contributed by atoms with Crippen LogP contribution in [-0.4, -0.2) is 78.7 Å². The molecule has 10 nitrogen and oxygen atoms in total. The predicted octanol–water partition coefficient (Wildman–Crippen LogP) is 4.61. The molecule has 1 amide bonds. The first-order chi connectivity index (χ1) is 20.9. The van der Waals surface area contributed by atoms with E-state index in [1.165, 1.54) is 11.9 Å². The number of carbonyl (C=O) groups excluding carboxylic acids is 1. The molecule has 1 atom stereocenters. The van der Waals surface area contributed by atoms with Crippen LogP contribution in [0, 0.1) is 11.3 Å². The van der Waals surface area contributed by atoms with Crippen molar-refractivity contribution in [1.82, 2.24) is 24.5 Å². The Morgan fingerprint density at radius 1 is 1.21 bits per heavy atom. The van der Waals surface area contributed by atoms with Crippen LogP contribution in [0.15, 0.2) is 71.2 Å². The maximum atomic E-state index is 13.8. The van der Waals surface area contributed by atoms with Crippen LogP contribution in [-0.2, 0) is 9.53 Å². The number of carbonyl (C=O) groups is 1. The normalized spacial score (nSPS) is 21.8. The molecule has 3 aliphatic rings. The number of likely N-dealkylation sites (N-methyl/N-ethyl adjacent to an activating group) is 1. The number of hydrogen-bond acceptors (Lipinski definition) is 9. The van der Waals surface area contributed by atoms with Crippen molar-refractivity contribution in [3.8, 4) is 5.75 Å². The summed E-state index contributed by atoms with van der Waals surface area (Å²) in [5.41, 5.74) is 8.93. The van der Waals surface area contributed by atoms with Gasteiger partial charge in [0.1, 0.15) is 22.6 Å². The molecule has 228 valence electrons. The van der Waals surface area contributed by atoms with Crippen molar-refractivity contribution in [3.05, 3.63) is 66.3 Å². The van der Waals surface area contributed by atoms with E-state index in [2.05, 4.69) is 42.9 Å². The zero-order chi connectivity index (χ0) is 29.8. The molecule has 0 bridgehead atoms. The van der Waals surface area contributed by atoms with E-state index in [1.54, 1.807) is 6.20 Å². The summed E-state index contributed by atoms with van der Waals surface area (Å²) in [5, 5.41) is 4.44. The lowest BCUT2D eigenvalue weighted by Crippen LogP contribution is -2.45. The molecule has 11 heteroatoms. The summed E-state index contributed by atoms with van der Waals surface area (Å²) in [6.07, 6.45) is 10.4. The Kier molecular flexibility index (Phi) is 8.83. The average molecular weight is 604 g/mol. The molecule has 3 aromatic rings. The van der Waals surface area contributed by atoms with Gasteiger partial charge in [-0.15, -0.1) is 0 Å². The summed E-state index contributed by atoms with van der Waals surface area (Å²) in [4.78, 5) is 27.0. The second kappa shape index (κ2) is 12.9. The zero-order valence-electron chi connectivity index (χ0n) is 24.9. The van der Waals surface area contributed by atoms with Crippen LogP contribution in [0.4, 0.5) is 11.4 Å². The van der Waals surface area contributed by atoms with Gasteiger partial charge in [0.25, 0.3) is 0 Å². The van der Waals surface area contributed by atoms with Crippen molar-refractivity contribution in [2.45, 2.75) is 31.1 Å². The minimum Gasteiger partial charge on any atom is -0.459 e. The standard InChI is InChI=1S/C32H41N7O3S/c1-32(31(40)37-43-26-3-4-28(27(33)19-26)35-20-22-7-15-41-16-8-22)9-5-24(39-13-11-38(2)12-14-39)18-29(32)42-25-17-23-6-10-34-30(23)36-21-25/h3-6,10,17-19,21-22,35H,7-9,11-16,20,33H2,1-2H3,(H,34,36)(H,37,40). The minimum atomic E-state index is -0.910. The monoisotopic (exact) mass is 603 g/mol. The van der Waals surface area contributed by atoms with E-state index in [0.29, 0.717) is 29.5 Å². The first-order valence-electron chi connectivity index (χ1n) is 15.0. The number of allylic oxidation sites excluding steroid dienone is 2. The van der Waals surface area contributed by atoms with Crippen LogP contribution in [0.3, 0.4) is 0 Å². The number of amides is 1. The molecule has 0 saturated carbocycles. The Morgan fingerprint density at radius 3 is 2.81 bits per heavy atom. The Morgan fingerprint density at radius 2 is 2.02 bits per heavy atom. The third-order valence-electron chi connectivity index (χ3n) is 8.72. The third-order valence-corrected chi connectivity index (χ3v) is 9.50. The number of ether oxygens (including phenoxy) is 2. The summed E-state index contributed by atoms with van der Waals surface area (Å²) in [6, 6.07) is 9.76. The van der Waals surface area contributed by atoms with Gasteiger partial charge < -0.3 is 35.3 Å². The number of aromatic amines is 1. The van der Waals surface area contributed by atoms with Crippen LogP contribution in [0.5, 0.6) is 5.75 Å². The number of benzene rings is 1. The Hall–Kier alpha value is -3.67. The molecule has 0 spiro atoms. The SMILES string of the molecule is CN1CCN(C2=CCC(C)(C(=O)NSc3ccc(NCC4CCOCC4)c(N)c3)C(Oc3cnc4[nH]ccc4c3)=C2)CC1. The summed E-state index contributed by atoms with van der Waals surface area (Å²) < 4.78 is 15.0. The topological polar surface area (TPSA) is 121 Å². The van der Waals surface area contributed by atoms with Crippen molar-refractivity contribution >= 4 is 40.3 Å². The number of nitrogen functional groups attached to an aromatic ring is 1. The van der Waals surface area contributed by atoms with Crippen LogP contribution >= 0.6 is 11.9 Å². The highest BCUT2D eigenvalue weighted by Gasteiger charge is 2.41. The molecule has 5 N–H and O–H groups in total. The fourth-order valence-corrected chi connectivity index (χ4v) is 6.44. The van der Waals surface area contributed by atoms with Gasteiger partial charge in [0.15, 0.2) is 0 Å². The summed E-state index contributed by atoms with van der Waals surface area (Å²) in [7, 11) is 2.14. The number of fused-ring (bicyclic) bond motifs is 1. The van der Waals surface area contributed by atoms with E-state index < -0.39 is 5.41 Å². The lowest BCUT2D eigenvalue weighted by molar-refractivity contribution is -0.127. The van der Waals surface area contributed by atoms with Gasteiger partial charge in [-0.1, -0.05) is 6.08 Å². The van der Waals surface area contributed by atoms with Crippen molar-refractivity contribution in [1.29, 1.82) is 0 Å². The molecule has 2 aromatic heterocycles. The zero-order valence-corrected chi connectivity index (χ0v) is 25.7. The van der Waals surface area contributed by atoms with Crippen LogP contribution < -0.4 is 20.5 Å². The van der Waals surface area contributed by atoms with E-state index in [4.69, 9.17) is 15.2 Å². The molecule has 1 aliphatic carbocycles. The predicted molar refractivity (Wildman–Crippen MR) is 172 cm³/mol. The minimum absolute atomic E-state index is 0.131. The smallest absolute Gasteiger partial charge is 0.243 e.